The van der Waals surface area contributed by atoms with Crippen molar-refractivity contribution in [2.75, 3.05) is 12.0 Å². The first-order valence-corrected chi connectivity index (χ1v) is 9.65. The number of hydrogen-bond donors (Lipinski definition) is 2. The van der Waals surface area contributed by atoms with Gasteiger partial charge >= 0.3 is 0 Å². The number of amides is 1. The maximum atomic E-state index is 12.2. The van der Waals surface area contributed by atoms with Gasteiger partial charge in [0.2, 0.25) is 5.91 Å². The van der Waals surface area contributed by atoms with Crippen molar-refractivity contribution < 1.29 is 13.2 Å². The van der Waals surface area contributed by atoms with Crippen LogP contribution in [0, 0.1) is 5.92 Å². The third-order valence-corrected chi connectivity index (χ3v) is 5.47. The van der Waals surface area contributed by atoms with Crippen LogP contribution in [0.2, 0.25) is 0 Å². The number of rotatable bonds is 5. The predicted molar refractivity (Wildman–Crippen MR) is 79.2 cm³/mol. The molecule has 5 nitrogen and oxygen atoms in total. The van der Waals surface area contributed by atoms with Crippen LogP contribution in [-0.2, 0) is 14.6 Å². The van der Waals surface area contributed by atoms with Gasteiger partial charge in [-0.3, -0.25) is 4.79 Å². The second kappa shape index (κ2) is 6.43. The fourth-order valence-electron chi connectivity index (χ4n) is 3.33. The minimum absolute atomic E-state index is 0.0281. The lowest BCUT2D eigenvalue weighted by Crippen LogP contribution is -2.46. The van der Waals surface area contributed by atoms with Gasteiger partial charge in [0.25, 0.3) is 0 Å². The van der Waals surface area contributed by atoms with E-state index in [2.05, 4.69) is 10.6 Å². The maximum Gasteiger partial charge on any atom is 0.237 e. The first kappa shape index (κ1) is 15.8. The topological polar surface area (TPSA) is 75.3 Å². The summed E-state index contributed by atoms with van der Waals surface area (Å²) in [4.78, 5) is 12.2. The van der Waals surface area contributed by atoms with Crippen molar-refractivity contribution in [1.82, 2.24) is 10.6 Å². The number of nitrogens with one attached hydrogen (secondary N) is 2. The highest BCUT2D eigenvalue weighted by Crippen LogP contribution is 2.33. The summed E-state index contributed by atoms with van der Waals surface area (Å²) in [5.41, 5.74) is 0. The van der Waals surface area contributed by atoms with Crippen LogP contribution in [0.1, 0.15) is 45.4 Å². The summed E-state index contributed by atoms with van der Waals surface area (Å²) in [5, 5.41) is 6.38. The van der Waals surface area contributed by atoms with Gasteiger partial charge in [0.05, 0.1) is 11.8 Å². The number of fused-ring (bicyclic) bond motifs is 1. The minimum atomic E-state index is -2.96. The van der Waals surface area contributed by atoms with Gasteiger partial charge in [-0.15, -0.1) is 0 Å². The van der Waals surface area contributed by atoms with E-state index in [4.69, 9.17) is 0 Å². The molecule has 0 unspecified atom stereocenters. The van der Waals surface area contributed by atoms with Crippen molar-refractivity contribution >= 4 is 15.7 Å². The Morgan fingerprint density at radius 1 is 1.35 bits per heavy atom. The number of hydrogen-bond acceptors (Lipinski definition) is 4. The van der Waals surface area contributed by atoms with Crippen LogP contribution in [0.25, 0.3) is 0 Å². The summed E-state index contributed by atoms with van der Waals surface area (Å²) in [7, 11) is -2.96. The predicted octanol–water partition coefficient (Wildman–Crippen LogP) is 0.847. The average molecular weight is 302 g/mol. The third kappa shape index (κ3) is 4.45. The molecule has 116 valence electrons. The largest absolute Gasteiger partial charge is 0.352 e. The molecule has 0 aromatic rings. The first-order valence-electron chi connectivity index (χ1n) is 7.59. The van der Waals surface area contributed by atoms with Crippen LogP contribution in [0.4, 0.5) is 0 Å². The molecule has 2 N–H and O–H groups in total. The monoisotopic (exact) mass is 302 g/mol. The molecule has 6 heteroatoms. The van der Waals surface area contributed by atoms with Crippen molar-refractivity contribution in [3.05, 3.63) is 0 Å². The van der Waals surface area contributed by atoms with Crippen molar-refractivity contribution in [2.45, 2.75) is 63.6 Å². The second-order valence-electron chi connectivity index (χ2n) is 6.43. The van der Waals surface area contributed by atoms with E-state index in [0.717, 1.165) is 6.42 Å². The third-order valence-electron chi connectivity index (χ3n) is 4.49. The molecule has 1 aliphatic heterocycles. The first-order chi connectivity index (χ1) is 9.35. The van der Waals surface area contributed by atoms with Gasteiger partial charge in [0.1, 0.15) is 9.84 Å². The summed E-state index contributed by atoms with van der Waals surface area (Å²) < 4.78 is 22.2. The van der Waals surface area contributed by atoms with E-state index in [-0.39, 0.29) is 23.7 Å². The Balaban J connectivity index is 1.77. The van der Waals surface area contributed by atoms with Gasteiger partial charge in [-0.2, -0.15) is 0 Å². The summed E-state index contributed by atoms with van der Waals surface area (Å²) in [6.07, 6.45) is 7.57. The molecule has 0 radical (unpaired) electrons. The molecule has 0 aromatic heterocycles. The zero-order valence-electron chi connectivity index (χ0n) is 12.4. The van der Waals surface area contributed by atoms with E-state index >= 15 is 0 Å². The Hall–Kier alpha value is -0.620. The summed E-state index contributed by atoms with van der Waals surface area (Å²) in [6, 6.07) is 0.316. The van der Waals surface area contributed by atoms with E-state index in [0.29, 0.717) is 18.4 Å². The molecule has 2 aliphatic rings. The molecule has 1 amide bonds. The summed E-state index contributed by atoms with van der Waals surface area (Å²) >= 11 is 0. The summed E-state index contributed by atoms with van der Waals surface area (Å²) in [5.74, 6) is 0.795. The molecule has 0 aromatic carbocycles. The fraction of sp³-hybridized carbons (Fsp3) is 0.929. The molecule has 1 saturated heterocycles. The molecule has 0 bridgehead atoms. The van der Waals surface area contributed by atoms with Gasteiger partial charge < -0.3 is 10.6 Å². The number of carbonyl (C=O) groups is 1. The molecule has 20 heavy (non-hydrogen) atoms. The molecule has 0 spiro atoms. The van der Waals surface area contributed by atoms with Crippen LogP contribution >= 0.6 is 0 Å². The van der Waals surface area contributed by atoms with E-state index in [1.807, 2.05) is 6.92 Å². The highest BCUT2D eigenvalue weighted by molar-refractivity contribution is 7.90. The van der Waals surface area contributed by atoms with Crippen LogP contribution in [0.3, 0.4) is 0 Å². The Kier molecular flexibility index (Phi) is 5.07. The highest BCUT2D eigenvalue weighted by Gasteiger charge is 2.38. The lowest BCUT2D eigenvalue weighted by atomic mass is 9.85. The van der Waals surface area contributed by atoms with E-state index < -0.39 is 9.84 Å². The molecular weight excluding hydrogens is 276 g/mol. The van der Waals surface area contributed by atoms with Crippen LogP contribution in [-0.4, -0.2) is 44.5 Å². The minimum Gasteiger partial charge on any atom is -0.352 e. The maximum absolute atomic E-state index is 12.2. The standard InChI is InChI=1S/C14H26N2O3S/c1-10(7-8-20(2,18)19)15-14(17)13-9-11-5-3-4-6-12(11)16-13/h10-13,16H,3-9H2,1-2H3,(H,15,17)/t10-,11-,12+,13+/m1/s1. The normalized spacial score (nSPS) is 31.6. The molecule has 1 saturated carbocycles. The quantitative estimate of drug-likeness (QED) is 0.789. The van der Waals surface area contributed by atoms with Crippen LogP contribution in [0.15, 0.2) is 0 Å². The van der Waals surface area contributed by atoms with Gasteiger partial charge in [-0.1, -0.05) is 12.8 Å². The Bertz CT molecular complexity index is 435. The smallest absolute Gasteiger partial charge is 0.237 e. The van der Waals surface area contributed by atoms with Gasteiger partial charge in [-0.05, 0) is 38.5 Å². The second-order valence-corrected chi connectivity index (χ2v) is 8.69. The Labute approximate surface area is 121 Å². The van der Waals surface area contributed by atoms with Crippen molar-refractivity contribution in [2.24, 2.45) is 5.92 Å². The molecule has 2 rings (SSSR count). The fourth-order valence-corrected chi connectivity index (χ4v) is 4.11. The SMILES string of the molecule is C[C@H](CCS(C)(=O)=O)NC(=O)[C@@H]1C[C@H]2CCCC[C@@H]2N1. The van der Waals surface area contributed by atoms with Crippen molar-refractivity contribution in [3.8, 4) is 0 Å². The van der Waals surface area contributed by atoms with E-state index in [1.165, 1.54) is 31.9 Å². The zero-order valence-corrected chi connectivity index (χ0v) is 13.2. The number of sulfone groups is 1. The molecule has 4 atom stereocenters. The van der Waals surface area contributed by atoms with Gasteiger partial charge in [0, 0.05) is 18.3 Å². The van der Waals surface area contributed by atoms with Gasteiger partial charge in [0.15, 0.2) is 0 Å². The highest BCUT2D eigenvalue weighted by atomic mass is 32.2. The Morgan fingerprint density at radius 3 is 2.70 bits per heavy atom. The van der Waals surface area contributed by atoms with Crippen molar-refractivity contribution in [3.63, 3.8) is 0 Å². The van der Waals surface area contributed by atoms with Crippen molar-refractivity contribution in [1.29, 1.82) is 0 Å². The lowest BCUT2D eigenvalue weighted by Gasteiger charge is -2.24. The number of carbonyl (C=O) groups excluding carboxylic acids is 1. The molecule has 1 aliphatic carbocycles. The van der Waals surface area contributed by atoms with E-state index in [9.17, 15) is 13.2 Å². The Morgan fingerprint density at radius 2 is 2.05 bits per heavy atom. The van der Waals surface area contributed by atoms with E-state index in [1.54, 1.807) is 0 Å². The average Bonchev–Trinajstić information content (AvgIpc) is 2.79. The van der Waals surface area contributed by atoms with Crippen LogP contribution in [0.5, 0.6) is 0 Å². The molecule has 2 fully saturated rings. The van der Waals surface area contributed by atoms with Crippen LogP contribution < -0.4 is 10.6 Å². The zero-order chi connectivity index (χ0) is 14.8. The van der Waals surface area contributed by atoms with Gasteiger partial charge in [-0.25, -0.2) is 8.42 Å². The molecule has 1 heterocycles. The molecular formula is C14H26N2O3S. The summed E-state index contributed by atoms with van der Waals surface area (Å²) in [6.45, 7) is 1.87. The lowest BCUT2D eigenvalue weighted by molar-refractivity contribution is -0.123.